The molecule has 1 saturated heterocycles. The number of piperidine rings is 1. The number of halogens is 4. The average molecular weight is 545 g/mol. The summed E-state index contributed by atoms with van der Waals surface area (Å²) in [5.74, 6) is 0.0172. The lowest BCUT2D eigenvalue weighted by atomic mass is 10.1. The lowest BCUT2D eigenvalue weighted by Crippen LogP contribution is -2.53. The van der Waals surface area contributed by atoms with Crippen LogP contribution in [0.4, 0.5) is 23.8 Å². The van der Waals surface area contributed by atoms with Crippen LogP contribution in [-0.2, 0) is 10.9 Å². The van der Waals surface area contributed by atoms with E-state index in [4.69, 9.17) is 17.0 Å². The normalized spacial score (nSPS) is 17.5. The Balaban J connectivity index is 1.89. The number of hydrogen-bond donors (Lipinski definition) is 3. The van der Waals surface area contributed by atoms with Crippen molar-refractivity contribution in [2.75, 3.05) is 18.5 Å². The lowest BCUT2D eigenvalue weighted by Gasteiger charge is -2.34. The zero-order valence-corrected chi connectivity index (χ0v) is 19.2. The van der Waals surface area contributed by atoms with Gasteiger partial charge in [0.25, 0.3) is 0 Å². The highest BCUT2D eigenvalue weighted by Gasteiger charge is 2.33. The molecule has 0 aliphatic carbocycles. The molecule has 2 rings (SSSR count). The molecular formula is C17H23F3IN5O2S. The predicted octanol–water partition coefficient (Wildman–Crippen LogP) is 3.90. The summed E-state index contributed by atoms with van der Waals surface area (Å²) in [5.41, 5.74) is 3.68. The van der Waals surface area contributed by atoms with Gasteiger partial charge in [-0.3, -0.25) is 10.9 Å². The second kappa shape index (κ2) is 9.49. The van der Waals surface area contributed by atoms with E-state index in [-0.39, 0.29) is 23.1 Å². The molecule has 1 fully saturated rings. The van der Waals surface area contributed by atoms with E-state index >= 15 is 0 Å². The van der Waals surface area contributed by atoms with Crippen molar-refractivity contribution in [2.45, 2.75) is 51.4 Å². The SMILES string of the molecule is CC(C)(C)OC(=O)N1CCC[C@@H](NC(=S)NNc2nc(C(F)(F)F)ccc2I)C1. The number of ether oxygens (including phenoxy) is 1. The second-order valence-electron chi connectivity index (χ2n) is 7.51. The first-order valence-electron chi connectivity index (χ1n) is 8.89. The third-order valence-corrected chi connectivity index (χ3v) is 4.93. The molecule has 1 aliphatic rings. The van der Waals surface area contributed by atoms with Crippen molar-refractivity contribution < 1.29 is 22.7 Å². The minimum atomic E-state index is -4.53. The number of amides is 1. The second-order valence-corrected chi connectivity index (χ2v) is 9.08. The third kappa shape index (κ3) is 7.64. The number of nitrogens with one attached hydrogen (secondary N) is 3. The number of aromatic nitrogens is 1. The van der Waals surface area contributed by atoms with Crippen LogP contribution in [0.5, 0.6) is 0 Å². The topological polar surface area (TPSA) is 78.5 Å². The molecule has 1 aliphatic heterocycles. The monoisotopic (exact) mass is 545 g/mol. The Morgan fingerprint density at radius 1 is 1.34 bits per heavy atom. The zero-order chi connectivity index (χ0) is 21.8. The summed E-state index contributed by atoms with van der Waals surface area (Å²) >= 11 is 7.08. The van der Waals surface area contributed by atoms with Crippen LogP contribution in [0.25, 0.3) is 0 Å². The number of pyridine rings is 1. The van der Waals surface area contributed by atoms with Gasteiger partial charge in [-0.15, -0.1) is 0 Å². The number of carbonyl (C=O) groups excluding carboxylic acids is 1. The molecular weight excluding hydrogens is 522 g/mol. The van der Waals surface area contributed by atoms with Gasteiger partial charge in [0, 0.05) is 19.1 Å². The van der Waals surface area contributed by atoms with Crippen LogP contribution in [0.1, 0.15) is 39.3 Å². The molecule has 12 heteroatoms. The molecule has 1 atom stereocenters. The van der Waals surface area contributed by atoms with Gasteiger partial charge < -0.3 is 15.0 Å². The zero-order valence-electron chi connectivity index (χ0n) is 16.2. The molecule has 162 valence electrons. The first-order chi connectivity index (χ1) is 13.3. The Hall–Kier alpha value is -1.57. The van der Waals surface area contributed by atoms with Crippen LogP contribution in [0.2, 0.25) is 0 Å². The van der Waals surface area contributed by atoms with Gasteiger partial charge in [0.15, 0.2) is 10.9 Å². The fourth-order valence-corrected chi connectivity index (χ4v) is 3.27. The fraction of sp³-hybridized carbons (Fsp3) is 0.588. The number of likely N-dealkylation sites (tertiary alicyclic amines) is 1. The number of anilines is 1. The lowest BCUT2D eigenvalue weighted by molar-refractivity contribution is -0.141. The summed E-state index contributed by atoms with van der Waals surface area (Å²) in [6.07, 6.45) is -3.35. The highest BCUT2D eigenvalue weighted by molar-refractivity contribution is 14.1. The van der Waals surface area contributed by atoms with Crippen LogP contribution in [0.15, 0.2) is 12.1 Å². The number of hydrazine groups is 1. The Kier molecular flexibility index (Phi) is 7.76. The Morgan fingerprint density at radius 3 is 2.66 bits per heavy atom. The van der Waals surface area contributed by atoms with Crippen molar-refractivity contribution in [1.29, 1.82) is 0 Å². The summed E-state index contributed by atoms with van der Waals surface area (Å²) in [4.78, 5) is 17.4. The Morgan fingerprint density at radius 2 is 2.03 bits per heavy atom. The molecule has 0 saturated carbocycles. The minimum Gasteiger partial charge on any atom is -0.444 e. The maximum Gasteiger partial charge on any atom is 0.433 e. The molecule has 1 aromatic rings. The molecule has 29 heavy (non-hydrogen) atoms. The molecule has 1 aromatic heterocycles. The van der Waals surface area contributed by atoms with Gasteiger partial charge in [-0.1, -0.05) is 0 Å². The summed E-state index contributed by atoms with van der Waals surface area (Å²) in [6, 6.07) is 2.12. The highest BCUT2D eigenvalue weighted by atomic mass is 127. The van der Waals surface area contributed by atoms with Gasteiger partial charge in [-0.25, -0.2) is 9.78 Å². The number of alkyl halides is 3. The van der Waals surface area contributed by atoms with E-state index in [2.05, 4.69) is 21.2 Å². The van der Waals surface area contributed by atoms with Crippen LogP contribution >= 0.6 is 34.8 Å². The quantitative estimate of drug-likeness (QED) is 0.302. The molecule has 7 nitrogen and oxygen atoms in total. The van der Waals surface area contributed by atoms with Gasteiger partial charge in [0.05, 0.1) is 3.57 Å². The van der Waals surface area contributed by atoms with Gasteiger partial charge in [0.1, 0.15) is 11.3 Å². The molecule has 0 spiro atoms. The van der Waals surface area contributed by atoms with Crippen LogP contribution < -0.4 is 16.2 Å². The van der Waals surface area contributed by atoms with Crippen LogP contribution in [-0.4, -0.2) is 45.8 Å². The van der Waals surface area contributed by atoms with Crippen molar-refractivity contribution in [3.05, 3.63) is 21.4 Å². The first kappa shape index (κ1) is 23.7. The minimum absolute atomic E-state index is 0.0172. The summed E-state index contributed by atoms with van der Waals surface area (Å²) in [5, 5.41) is 3.25. The maximum absolute atomic E-state index is 12.8. The van der Waals surface area contributed by atoms with Crippen molar-refractivity contribution in [3.8, 4) is 0 Å². The fourth-order valence-electron chi connectivity index (χ4n) is 2.61. The van der Waals surface area contributed by atoms with E-state index in [0.717, 1.165) is 18.9 Å². The van der Waals surface area contributed by atoms with E-state index < -0.39 is 17.5 Å². The Labute approximate surface area is 186 Å². The third-order valence-electron chi connectivity index (χ3n) is 3.84. The summed E-state index contributed by atoms with van der Waals surface area (Å²) in [6.45, 7) is 6.42. The van der Waals surface area contributed by atoms with E-state index in [1.165, 1.54) is 6.07 Å². The predicted molar refractivity (Wildman–Crippen MR) is 115 cm³/mol. The molecule has 1 amide bonds. The van der Waals surface area contributed by atoms with Crippen molar-refractivity contribution in [1.82, 2.24) is 20.6 Å². The number of rotatable bonds is 3. The van der Waals surface area contributed by atoms with Crippen molar-refractivity contribution in [2.24, 2.45) is 0 Å². The number of nitrogens with zero attached hydrogens (tertiary/aromatic N) is 2. The highest BCUT2D eigenvalue weighted by Crippen LogP contribution is 2.29. The van der Waals surface area contributed by atoms with Gasteiger partial charge in [-0.05, 0) is 80.6 Å². The molecule has 0 bridgehead atoms. The molecule has 0 unspecified atom stereocenters. The van der Waals surface area contributed by atoms with Gasteiger partial charge >= 0.3 is 12.3 Å². The molecule has 0 aromatic carbocycles. The maximum atomic E-state index is 12.8. The first-order valence-corrected chi connectivity index (χ1v) is 10.4. The average Bonchev–Trinajstić information content (AvgIpc) is 2.59. The molecule has 2 heterocycles. The molecule has 0 radical (unpaired) electrons. The van der Waals surface area contributed by atoms with Crippen molar-refractivity contribution in [3.63, 3.8) is 0 Å². The largest absolute Gasteiger partial charge is 0.444 e. The summed E-state index contributed by atoms with van der Waals surface area (Å²) in [7, 11) is 0. The Bertz CT molecular complexity index is 758. The van der Waals surface area contributed by atoms with E-state index in [9.17, 15) is 18.0 Å². The summed E-state index contributed by atoms with van der Waals surface area (Å²) < 4.78 is 44.3. The molecule has 3 N–H and O–H groups in total. The van der Waals surface area contributed by atoms with Gasteiger partial charge in [0.2, 0.25) is 0 Å². The van der Waals surface area contributed by atoms with Gasteiger partial charge in [-0.2, -0.15) is 13.2 Å². The number of hydrogen-bond acceptors (Lipinski definition) is 5. The van der Waals surface area contributed by atoms with E-state index in [0.29, 0.717) is 16.7 Å². The standard InChI is InChI=1S/C17H23F3IN5O2S/c1-16(2,3)28-15(27)26-8-4-5-10(9-26)22-14(29)25-24-13-11(21)6-7-12(23-13)17(18,19)20/h6-7,10H,4-5,8-9H2,1-3H3,(H,23,24)(H2,22,25,29)/t10-/m1/s1. The van der Waals surface area contributed by atoms with E-state index in [1.807, 2.05) is 22.6 Å². The number of thiocarbonyl (C=S) groups is 1. The van der Waals surface area contributed by atoms with Crippen LogP contribution in [0, 0.1) is 3.57 Å². The number of carbonyl (C=O) groups is 1. The van der Waals surface area contributed by atoms with Crippen LogP contribution in [0.3, 0.4) is 0 Å². The smallest absolute Gasteiger partial charge is 0.433 e. The van der Waals surface area contributed by atoms with E-state index in [1.54, 1.807) is 25.7 Å². The van der Waals surface area contributed by atoms with Crippen molar-refractivity contribution >= 4 is 51.8 Å².